The first kappa shape index (κ1) is 15.4. The Labute approximate surface area is 123 Å². The van der Waals surface area contributed by atoms with Crippen molar-refractivity contribution < 1.29 is 4.74 Å². The molecule has 1 aliphatic heterocycles. The van der Waals surface area contributed by atoms with Crippen molar-refractivity contribution in [2.24, 2.45) is 5.41 Å². The molecule has 2 heteroatoms. The summed E-state index contributed by atoms with van der Waals surface area (Å²) >= 11 is 0. The predicted octanol–water partition coefficient (Wildman–Crippen LogP) is 3.97. The van der Waals surface area contributed by atoms with Crippen LogP contribution in [0.2, 0.25) is 0 Å². The average molecular weight is 275 g/mol. The molecule has 0 fully saturated rings. The first-order chi connectivity index (χ1) is 9.61. The first-order valence-corrected chi connectivity index (χ1v) is 8.06. The largest absolute Gasteiger partial charge is 0.493 e. The van der Waals surface area contributed by atoms with E-state index in [9.17, 15) is 0 Å². The Morgan fingerprint density at radius 2 is 2.10 bits per heavy atom. The van der Waals surface area contributed by atoms with Gasteiger partial charge >= 0.3 is 0 Å². The normalized spacial score (nSPS) is 14.8. The van der Waals surface area contributed by atoms with E-state index in [1.54, 1.807) is 0 Å². The minimum atomic E-state index is 0.411. The van der Waals surface area contributed by atoms with Gasteiger partial charge in [-0.25, -0.2) is 0 Å². The molecule has 0 atom stereocenters. The summed E-state index contributed by atoms with van der Waals surface area (Å²) in [6.45, 7) is 10.0. The molecule has 0 spiro atoms. The van der Waals surface area contributed by atoms with Crippen molar-refractivity contribution in [1.29, 1.82) is 0 Å². The van der Waals surface area contributed by atoms with Gasteiger partial charge in [0, 0.05) is 0 Å². The molecule has 1 aromatic rings. The van der Waals surface area contributed by atoms with Crippen LogP contribution in [0.3, 0.4) is 0 Å². The van der Waals surface area contributed by atoms with E-state index in [2.05, 4.69) is 44.3 Å². The topological polar surface area (TPSA) is 21.3 Å². The van der Waals surface area contributed by atoms with Crippen LogP contribution in [0, 0.1) is 5.41 Å². The molecule has 1 aromatic carbocycles. The Hall–Kier alpha value is -1.02. The van der Waals surface area contributed by atoms with E-state index in [0.29, 0.717) is 5.41 Å². The van der Waals surface area contributed by atoms with Gasteiger partial charge in [-0.05, 0) is 67.8 Å². The minimum Gasteiger partial charge on any atom is -0.493 e. The van der Waals surface area contributed by atoms with E-state index < -0.39 is 0 Å². The molecule has 0 unspecified atom stereocenters. The fraction of sp³-hybridized carbons (Fsp3) is 0.667. The summed E-state index contributed by atoms with van der Waals surface area (Å²) in [6.07, 6.45) is 6.00. The van der Waals surface area contributed by atoms with Gasteiger partial charge in [-0.1, -0.05) is 32.9 Å². The van der Waals surface area contributed by atoms with E-state index in [0.717, 1.165) is 31.9 Å². The molecule has 0 aromatic heterocycles. The predicted molar refractivity (Wildman–Crippen MR) is 85.5 cm³/mol. The third-order valence-electron chi connectivity index (χ3n) is 4.29. The lowest BCUT2D eigenvalue weighted by molar-refractivity contribution is 0.287. The first-order valence-electron chi connectivity index (χ1n) is 8.06. The fourth-order valence-corrected chi connectivity index (χ4v) is 2.78. The molecular weight excluding hydrogens is 246 g/mol. The van der Waals surface area contributed by atoms with Crippen molar-refractivity contribution in [2.45, 2.75) is 52.9 Å². The second-order valence-electron chi connectivity index (χ2n) is 6.66. The van der Waals surface area contributed by atoms with Crippen LogP contribution in [0.15, 0.2) is 18.2 Å². The van der Waals surface area contributed by atoms with Crippen molar-refractivity contribution in [1.82, 2.24) is 5.32 Å². The number of hydrogen-bond donors (Lipinski definition) is 1. The molecule has 2 nitrogen and oxygen atoms in total. The highest BCUT2D eigenvalue weighted by Crippen LogP contribution is 2.29. The summed E-state index contributed by atoms with van der Waals surface area (Å²) in [5, 5.41) is 3.43. The van der Waals surface area contributed by atoms with Crippen LogP contribution >= 0.6 is 0 Å². The van der Waals surface area contributed by atoms with Gasteiger partial charge in [0.2, 0.25) is 0 Å². The lowest BCUT2D eigenvalue weighted by Gasteiger charge is -2.25. The van der Waals surface area contributed by atoms with Crippen molar-refractivity contribution in [3.8, 4) is 5.75 Å². The zero-order chi connectivity index (χ0) is 14.4. The van der Waals surface area contributed by atoms with Crippen LogP contribution in [-0.4, -0.2) is 19.7 Å². The van der Waals surface area contributed by atoms with Gasteiger partial charge in [0.25, 0.3) is 0 Å². The maximum Gasteiger partial charge on any atom is 0.122 e. The Balaban J connectivity index is 1.87. The molecule has 0 amide bonds. The van der Waals surface area contributed by atoms with Gasteiger partial charge in [-0.15, -0.1) is 0 Å². The number of fused-ring (bicyclic) bond motifs is 1. The monoisotopic (exact) mass is 275 g/mol. The van der Waals surface area contributed by atoms with Gasteiger partial charge in [0.1, 0.15) is 5.75 Å². The smallest absolute Gasteiger partial charge is 0.122 e. The molecule has 0 radical (unpaired) electrons. The molecule has 0 bridgehead atoms. The fourth-order valence-electron chi connectivity index (χ4n) is 2.78. The standard InChI is InChI=1S/C18H29NO/c1-4-19-12-11-18(2,3)10-9-15-7-8-17-16(14-15)6-5-13-20-17/h7-8,14,19H,4-6,9-13H2,1-3H3. The number of ether oxygens (including phenoxy) is 1. The SMILES string of the molecule is CCNCCC(C)(C)CCc1ccc2c(c1)CCCO2. The third kappa shape index (κ3) is 4.52. The summed E-state index contributed by atoms with van der Waals surface area (Å²) < 4.78 is 5.68. The van der Waals surface area contributed by atoms with E-state index in [1.165, 1.54) is 36.8 Å². The second kappa shape index (κ2) is 7.12. The molecule has 0 saturated heterocycles. The Kier molecular flexibility index (Phi) is 5.47. The van der Waals surface area contributed by atoms with Crippen LogP contribution < -0.4 is 10.1 Å². The maximum atomic E-state index is 5.68. The Morgan fingerprint density at radius 3 is 2.90 bits per heavy atom. The summed E-state index contributed by atoms with van der Waals surface area (Å²) in [7, 11) is 0. The number of aryl methyl sites for hydroxylation is 2. The summed E-state index contributed by atoms with van der Waals surface area (Å²) in [5.74, 6) is 1.10. The minimum absolute atomic E-state index is 0.411. The van der Waals surface area contributed by atoms with E-state index >= 15 is 0 Å². The highest BCUT2D eigenvalue weighted by atomic mass is 16.5. The molecule has 0 saturated carbocycles. The molecular formula is C18H29NO. The number of rotatable bonds is 7. The molecule has 1 heterocycles. The molecule has 1 N–H and O–H groups in total. The zero-order valence-corrected chi connectivity index (χ0v) is 13.3. The van der Waals surface area contributed by atoms with Crippen LogP contribution in [0.1, 0.15) is 51.2 Å². The van der Waals surface area contributed by atoms with Crippen LogP contribution in [0.25, 0.3) is 0 Å². The second-order valence-corrected chi connectivity index (χ2v) is 6.66. The van der Waals surface area contributed by atoms with Crippen LogP contribution in [0.5, 0.6) is 5.75 Å². The van der Waals surface area contributed by atoms with Gasteiger partial charge < -0.3 is 10.1 Å². The van der Waals surface area contributed by atoms with Crippen molar-refractivity contribution >= 4 is 0 Å². The van der Waals surface area contributed by atoms with Crippen molar-refractivity contribution in [3.63, 3.8) is 0 Å². The van der Waals surface area contributed by atoms with Crippen molar-refractivity contribution in [2.75, 3.05) is 19.7 Å². The average Bonchev–Trinajstić information content (AvgIpc) is 2.45. The molecule has 0 aliphatic carbocycles. The quantitative estimate of drug-likeness (QED) is 0.760. The molecule has 112 valence electrons. The van der Waals surface area contributed by atoms with Gasteiger partial charge in [0.15, 0.2) is 0 Å². The zero-order valence-electron chi connectivity index (χ0n) is 13.3. The highest BCUT2D eigenvalue weighted by molar-refractivity contribution is 5.38. The van der Waals surface area contributed by atoms with E-state index in [-0.39, 0.29) is 0 Å². The summed E-state index contributed by atoms with van der Waals surface area (Å²) in [4.78, 5) is 0. The molecule has 20 heavy (non-hydrogen) atoms. The molecule has 2 rings (SSSR count). The number of nitrogens with one attached hydrogen (secondary N) is 1. The lowest BCUT2D eigenvalue weighted by atomic mass is 9.83. The summed E-state index contributed by atoms with van der Waals surface area (Å²) in [6, 6.07) is 6.76. The lowest BCUT2D eigenvalue weighted by Crippen LogP contribution is -2.22. The number of hydrogen-bond acceptors (Lipinski definition) is 2. The van der Waals surface area contributed by atoms with Gasteiger partial charge in [-0.3, -0.25) is 0 Å². The Bertz CT molecular complexity index is 425. The van der Waals surface area contributed by atoms with Crippen LogP contribution in [0.4, 0.5) is 0 Å². The Morgan fingerprint density at radius 1 is 1.25 bits per heavy atom. The summed E-state index contributed by atoms with van der Waals surface area (Å²) in [5.41, 5.74) is 3.28. The van der Waals surface area contributed by atoms with Crippen LogP contribution in [-0.2, 0) is 12.8 Å². The van der Waals surface area contributed by atoms with Gasteiger partial charge in [-0.2, -0.15) is 0 Å². The van der Waals surface area contributed by atoms with E-state index in [1.807, 2.05) is 0 Å². The highest BCUT2D eigenvalue weighted by Gasteiger charge is 2.18. The molecule has 1 aliphatic rings. The number of benzene rings is 1. The maximum absolute atomic E-state index is 5.68. The van der Waals surface area contributed by atoms with Crippen molar-refractivity contribution in [3.05, 3.63) is 29.3 Å². The van der Waals surface area contributed by atoms with E-state index in [4.69, 9.17) is 4.74 Å². The van der Waals surface area contributed by atoms with Gasteiger partial charge in [0.05, 0.1) is 6.61 Å². The third-order valence-corrected chi connectivity index (χ3v) is 4.29.